The number of ether oxygens (including phenoxy) is 1. The van der Waals surface area contributed by atoms with Gasteiger partial charge in [-0.3, -0.25) is 23.4 Å². The van der Waals surface area contributed by atoms with Crippen LogP contribution in [0.3, 0.4) is 0 Å². The third-order valence-corrected chi connectivity index (χ3v) is 5.69. The molecule has 20 heteroatoms. The highest BCUT2D eigenvalue weighted by atomic mass is 32.2. The van der Waals surface area contributed by atoms with E-state index in [0.29, 0.717) is 17.5 Å². The smallest absolute Gasteiger partial charge is 0.399 e. The Bertz CT molecular complexity index is 1420. The van der Waals surface area contributed by atoms with Crippen molar-refractivity contribution in [1.82, 2.24) is 9.55 Å². The Hall–Kier alpha value is -2.45. The summed E-state index contributed by atoms with van der Waals surface area (Å²) in [6.45, 7) is 0.994. The first-order valence-corrected chi connectivity index (χ1v) is 14.8. The molecule has 1 aliphatic heterocycles. The number of nitrogens with one attached hydrogen (secondary N) is 1. The van der Waals surface area contributed by atoms with Gasteiger partial charge in [0.15, 0.2) is 0 Å². The molecule has 3 rings (SSSR count). The summed E-state index contributed by atoms with van der Waals surface area (Å²) in [5, 5.41) is 14.6. The maximum absolute atomic E-state index is 11.7. The first kappa shape index (κ1) is 32.6. The second kappa shape index (κ2) is 12.9. The third-order valence-electron chi connectivity index (χ3n) is 4.28. The molecule has 0 spiro atoms. The molecule has 9 N–H and O–H groups in total. The van der Waals surface area contributed by atoms with Crippen molar-refractivity contribution in [2.24, 2.45) is 5.14 Å². The van der Waals surface area contributed by atoms with E-state index in [4.69, 9.17) is 29.9 Å². The van der Waals surface area contributed by atoms with Crippen molar-refractivity contribution in [3.05, 3.63) is 56.9 Å². The minimum Gasteiger partial charge on any atom is -0.399 e. The molecule has 3 atom stereocenters. The minimum atomic E-state index is -4.67. The van der Waals surface area contributed by atoms with E-state index in [-0.39, 0.29) is 11.3 Å². The van der Waals surface area contributed by atoms with Crippen LogP contribution in [0.15, 0.2) is 44.9 Å². The summed E-state index contributed by atoms with van der Waals surface area (Å²) in [7, 11) is -11.9. The van der Waals surface area contributed by atoms with Crippen molar-refractivity contribution in [3.8, 4) is 0 Å². The van der Waals surface area contributed by atoms with E-state index >= 15 is 0 Å². The number of hydrogen-bond donors (Lipinski definition) is 7. The van der Waals surface area contributed by atoms with Gasteiger partial charge in [0, 0.05) is 23.9 Å². The lowest BCUT2D eigenvalue weighted by molar-refractivity contribution is -0.0451. The van der Waals surface area contributed by atoms with Gasteiger partial charge in [-0.1, -0.05) is 0 Å². The van der Waals surface area contributed by atoms with Crippen LogP contribution in [0.25, 0.3) is 0 Å². The van der Waals surface area contributed by atoms with E-state index in [1.54, 1.807) is 0 Å². The van der Waals surface area contributed by atoms with Crippen LogP contribution in [0.2, 0.25) is 0 Å². The molecule has 1 aromatic heterocycles. The van der Waals surface area contributed by atoms with Crippen LogP contribution in [0.5, 0.6) is 0 Å². The molecule has 17 nitrogen and oxygen atoms in total. The van der Waals surface area contributed by atoms with Crippen LogP contribution in [0.1, 0.15) is 18.2 Å². The number of sulfonamides is 1. The number of aliphatic hydroxyl groups is 1. The molecule has 1 aromatic carbocycles. The molecule has 210 valence electrons. The lowest BCUT2D eigenvalue weighted by atomic mass is 10.2. The van der Waals surface area contributed by atoms with Gasteiger partial charge in [0.1, 0.15) is 12.3 Å². The van der Waals surface area contributed by atoms with Gasteiger partial charge in [0.2, 0.25) is 10.0 Å². The second-order valence-electron chi connectivity index (χ2n) is 7.54. The topological polar surface area (TPSA) is 292 Å². The number of benzene rings is 1. The van der Waals surface area contributed by atoms with Crippen LogP contribution < -0.4 is 22.1 Å². The molecule has 0 radical (unpaired) electrons. The number of aromatic amines is 1. The minimum absolute atomic E-state index is 0.0283. The first-order valence-electron chi connectivity index (χ1n) is 9.84. The number of aromatic nitrogens is 2. The van der Waals surface area contributed by atoms with Crippen molar-refractivity contribution in [2.75, 3.05) is 18.6 Å². The normalized spacial score (nSPS) is 19.8. The van der Waals surface area contributed by atoms with Crippen molar-refractivity contribution in [1.29, 1.82) is 0 Å². The average Bonchev–Trinajstić information content (AvgIpc) is 3.08. The third kappa shape index (κ3) is 12.6. The molecular weight excluding hydrogens is 563 g/mol. The van der Waals surface area contributed by atoms with E-state index in [9.17, 15) is 36.1 Å². The van der Waals surface area contributed by atoms with Gasteiger partial charge < -0.3 is 25.4 Å². The molecular formula is C17H27N4O13PS2. The van der Waals surface area contributed by atoms with Gasteiger partial charge in [-0.05, 0) is 31.2 Å². The molecule has 2 heterocycles. The number of primary sulfonamides is 1. The Kier molecular flexibility index (Phi) is 11.3. The zero-order chi connectivity index (χ0) is 28.8. The fraction of sp³-hybridized carbons (Fsp3) is 0.412. The van der Waals surface area contributed by atoms with Gasteiger partial charge in [-0.15, -0.1) is 0 Å². The number of nitrogens with zero attached hydrogens (tertiary/aromatic N) is 1. The largest absolute Gasteiger partial charge is 0.469 e. The van der Waals surface area contributed by atoms with Gasteiger partial charge in [-0.25, -0.2) is 22.9 Å². The Morgan fingerprint density at radius 2 is 1.70 bits per heavy atom. The highest BCUT2D eigenvalue weighted by molar-refractivity contribution is 7.89. The molecule has 0 saturated carbocycles. The zero-order valence-corrected chi connectivity index (χ0v) is 21.9. The molecule has 0 unspecified atom stereocenters. The Labute approximate surface area is 210 Å². The Balaban J connectivity index is 0.000000356. The van der Waals surface area contributed by atoms with Crippen LogP contribution in [0.4, 0.5) is 5.69 Å². The lowest BCUT2D eigenvalue weighted by Gasteiger charge is -2.16. The number of aryl methyl sites for hydroxylation is 1. The van der Waals surface area contributed by atoms with E-state index in [2.05, 4.69) is 9.51 Å². The summed E-state index contributed by atoms with van der Waals surface area (Å²) in [6, 6.07) is 5.70. The summed E-state index contributed by atoms with van der Waals surface area (Å²) in [6.07, 6.45) is -0.853. The molecule has 1 fully saturated rings. The summed E-state index contributed by atoms with van der Waals surface area (Å²) in [5.41, 5.74) is 4.93. The maximum atomic E-state index is 11.7. The number of nitrogens with two attached hydrogens (primary N) is 2. The van der Waals surface area contributed by atoms with Crippen molar-refractivity contribution >= 4 is 33.7 Å². The number of anilines is 1. The fourth-order valence-electron chi connectivity index (χ4n) is 2.66. The molecule has 2 aromatic rings. The number of rotatable bonds is 5. The summed E-state index contributed by atoms with van der Waals surface area (Å²) >= 11 is 0. The van der Waals surface area contributed by atoms with Gasteiger partial charge in [0.25, 0.3) is 15.7 Å². The van der Waals surface area contributed by atoms with Crippen LogP contribution in [-0.2, 0) is 34.0 Å². The monoisotopic (exact) mass is 590 g/mol. The second-order valence-corrected chi connectivity index (χ2v) is 11.8. The SMILES string of the molecule is CS(=O)(=O)O.Cc1cn([C@H]2C[C@H](O)[C@@H](COP(=O)(O)O)O2)c(=O)[nH]c1=O.Nc1ccc(S(N)(=O)=O)cc1. The lowest BCUT2D eigenvalue weighted by Crippen LogP contribution is -2.33. The summed E-state index contributed by atoms with van der Waals surface area (Å²) in [4.78, 5) is 42.4. The highest BCUT2D eigenvalue weighted by Gasteiger charge is 2.37. The summed E-state index contributed by atoms with van der Waals surface area (Å²) < 4.78 is 68.6. The first-order chi connectivity index (χ1) is 16.7. The van der Waals surface area contributed by atoms with Gasteiger partial charge in [0.05, 0.1) is 23.9 Å². The predicted molar refractivity (Wildman–Crippen MR) is 128 cm³/mol. The Morgan fingerprint density at radius 3 is 2.16 bits per heavy atom. The fourth-order valence-corrected chi connectivity index (χ4v) is 3.52. The molecule has 1 aliphatic rings. The number of nitrogen functional groups attached to an aromatic ring is 1. The van der Waals surface area contributed by atoms with Gasteiger partial charge >= 0.3 is 13.5 Å². The van der Waals surface area contributed by atoms with Crippen LogP contribution >= 0.6 is 7.82 Å². The molecule has 0 amide bonds. The van der Waals surface area contributed by atoms with Gasteiger partial charge in [-0.2, -0.15) is 8.42 Å². The molecule has 37 heavy (non-hydrogen) atoms. The number of phosphoric acid groups is 1. The number of H-pyrrole nitrogens is 1. The van der Waals surface area contributed by atoms with E-state index < -0.39 is 64.3 Å². The molecule has 1 saturated heterocycles. The van der Waals surface area contributed by atoms with Crippen molar-refractivity contribution in [3.63, 3.8) is 0 Å². The number of phosphoric ester groups is 1. The molecule has 0 aliphatic carbocycles. The number of aliphatic hydroxyl groups excluding tert-OH is 1. The maximum Gasteiger partial charge on any atom is 0.469 e. The van der Waals surface area contributed by atoms with E-state index in [1.807, 2.05) is 0 Å². The highest BCUT2D eigenvalue weighted by Crippen LogP contribution is 2.38. The molecule has 0 bridgehead atoms. The average molecular weight is 591 g/mol. The van der Waals surface area contributed by atoms with Crippen LogP contribution in [0, 0.1) is 6.92 Å². The van der Waals surface area contributed by atoms with E-state index in [1.165, 1.54) is 37.4 Å². The Morgan fingerprint density at radius 1 is 1.19 bits per heavy atom. The van der Waals surface area contributed by atoms with E-state index in [0.717, 1.165) is 4.57 Å². The number of hydrogen-bond acceptors (Lipinski definition) is 11. The zero-order valence-electron chi connectivity index (χ0n) is 19.4. The quantitative estimate of drug-likeness (QED) is 0.113. The standard InChI is InChI=1S/C10H15N2O8P.C6H8N2O2S.CH4O3S/c1-5-3-12(10(15)11-9(5)14)8-2-6(13)7(20-8)4-19-21(16,17)18;7-5-1-3-6(4-2-5)11(8,9)10;1-5(2,3)4/h3,6-8,13H,2,4H2,1H3,(H,11,14,15)(H2,16,17,18);1-4H,7H2,(H2,8,9,10);1H3,(H,2,3,4)/t6-,7+,8+;;/m0../s1. The van der Waals surface area contributed by atoms with Crippen molar-refractivity contribution < 1.29 is 50.1 Å². The summed E-state index contributed by atoms with van der Waals surface area (Å²) in [5.74, 6) is 0. The van der Waals surface area contributed by atoms with Crippen molar-refractivity contribution in [2.45, 2.75) is 36.7 Å². The van der Waals surface area contributed by atoms with Crippen LogP contribution in [-0.4, -0.2) is 70.9 Å². The predicted octanol–water partition coefficient (Wildman–Crippen LogP) is -1.98.